The molecule has 1 aromatic carbocycles. The highest BCUT2D eigenvalue weighted by Crippen LogP contribution is 2.18. The first-order valence-electron chi connectivity index (χ1n) is 5.76. The molecule has 0 spiro atoms. The topological polar surface area (TPSA) is 12.0 Å². The molecule has 0 amide bonds. The van der Waals surface area contributed by atoms with Crippen molar-refractivity contribution in [1.29, 1.82) is 0 Å². The summed E-state index contributed by atoms with van der Waals surface area (Å²) in [6.07, 6.45) is 1.04. The van der Waals surface area contributed by atoms with E-state index in [4.69, 9.17) is 11.6 Å². The zero-order valence-electron chi connectivity index (χ0n) is 10.1. The largest absolute Gasteiger partial charge is 0.309 e. The molecule has 4 heteroatoms. The average molecular weight is 323 g/mol. The van der Waals surface area contributed by atoms with E-state index >= 15 is 0 Å². The minimum atomic E-state index is -0.225. The van der Waals surface area contributed by atoms with Crippen molar-refractivity contribution >= 4 is 27.5 Å². The Morgan fingerprint density at radius 3 is 2.65 bits per heavy atom. The third-order valence-electron chi connectivity index (χ3n) is 2.54. The van der Waals surface area contributed by atoms with Gasteiger partial charge >= 0.3 is 0 Å². The molecular weight excluding hydrogens is 305 g/mol. The summed E-state index contributed by atoms with van der Waals surface area (Å²) < 4.78 is 13.7. The quantitative estimate of drug-likeness (QED) is 0.769. The van der Waals surface area contributed by atoms with Crippen molar-refractivity contribution in [3.63, 3.8) is 0 Å². The highest BCUT2D eigenvalue weighted by molar-refractivity contribution is 9.10. The van der Waals surface area contributed by atoms with E-state index in [-0.39, 0.29) is 5.82 Å². The summed E-state index contributed by atoms with van der Waals surface area (Å²) in [5, 5.41) is 3.39. The van der Waals surface area contributed by atoms with E-state index in [1.54, 1.807) is 6.07 Å². The molecule has 0 saturated carbocycles. The number of halogens is 3. The maximum Gasteiger partial charge on any atom is 0.124 e. The Hall–Kier alpha value is -0.120. The van der Waals surface area contributed by atoms with Gasteiger partial charge in [0.2, 0.25) is 0 Å². The summed E-state index contributed by atoms with van der Waals surface area (Å²) in [4.78, 5) is 0. The fourth-order valence-electron chi connectivity index (χ4n) is 1.69. The van der Waals surface area contributed by atoms with Gasteiger partial charge in [0, 0.05) is 22.9 Å². The van der Waals surface area contributed by atoms with Crippen LogP contribution in [-0.4, -0.2) is 11.9 Å². The maximum absolute atomic E-state index is 12.9. The van der Waals surface area contributed by atoms with E-state index in [1.807, 2.05) is 0 Å². The fourth-order valence-corrected chi connectivity index (χ4v) is 2.42. The molecule has 1 N–H and O–H groups in total. The van der Waals surface area contributed by atoms with E-state index in [1.165, 1.54) is 12.1 Å². The molecule has 0 aliphatic rings. The van der Waals surface area contributed by atoms with E-state index in [2.05, 4.69) is 35.1 Å². The molecular formula is C13H18BrClFN. The van der Waals surface area contributed by atoms with Crippen molar-refractivity contribution in [3.05, 3.63) is 34.1 Å². The summed E-state index contributed by atoms with van der Waals surface area (Å²) in [7, 11) is 0. The van der Waals surface area contributed by atoms with E-state index in [0.29, 0.717) is 24.4 Å². The predicted molar refractivity (Wildman–Crippen MR) is 74.9 cm³/mol. The van der Waals surface area contributed by atoms with Crippen LogP contribution in [0.2, 0.25) is 0 Å². The predicted octanol–water partition coefficient (Wildman–Crippen LogP) is 4.33. The van der Waals surface area contributed by atoms with Gasteiger partial charge in [-0.15, -0.1) is 11.6 Å². The number of benzene rings is 1. The summed E-state index contributed by atoms with van der Waals surface area (Å²) in [6.45, 7) is 5.05. The Kier molecular flexibility index (Phi) is 6.45. The molecule has 0 fully saturated rings. The molecule has 0 heterocycles. The van der Waals surface area contributed by atoms with Crippen LogP contribution in [0.4, 0.5) is 4.39 Å². The molecule has 0 saturated heterocycles. The molecule has 1 rings (SSSR count). The first-order valence-corrected chi connectivity index (χ1v) is 7.09. The van der Waals surface area contributed by atoms with Crippen LogP contribution >= 0.6 is 27.5 Å². The number of alkyl halides is 1. The number of hydrogen-bond acceptors (Lipinski definition) is 1. The number of nitrogens with one attached hydrogen (secondary N) is 1. The third-order valence-corrected chi connectivity index (χ3v) is 3.65. The van der Waals surface area contributed by atoms with Gasteiger partial charge in [-0.3, -0.25) is 0 Å². The highest BCUT2D eigenvalue weighted by Gasteiger charge is 2.10. The van der Waals surface area contributed by atoms with Crippen molar-refractivity contribution < 1.29 is 4.39 Å². The smallest absolute Gasteiger partial charge is 0.124 e. The van der Waals surface area contributed by atoms with Crippen LogP contribution in [0.1, 0.15) is 25.8 Å². The molecule has 0 radical (unpaired) electrons. The van der Waals surface area contributed by atoms with Gasteiger partial charge in [-0.25, -0.2) is 4.39 Å². The molecule has 0 bridgehead atoms. The lowest BCUT2D eigenvalue weighted by Crippen LogP contribution is -2.31. The van der Waals surface area contributed by atoms with Crippen LogP contribution in [0.5, 0.6) is 0 Å². The van der Waals surface area contributed by atoms with E-state index < -0.39 is 0 Å². The molecule has 17 heavy (non-hydrogen) atoms. The highest BCUT2D eigenvalue weighted by atomic mass is 79.9. The summed E-state index contributed by atoms with van der Waals surface area (Å²) in [6, 6.07) is 5.04. The van der Waals surface area contributed by atoms with Crippen molar-refractivity contribution in [2.75, 3.05) is 5.88 Å². The monoisotopic (exact) mass is 321 g/mol. The van der Waals surface area contributed by atoms with Crippen LogP contribution in [0.25, 0.3) is 0 Å². The fraction of sp³-hybridized carbons (Fsp3) is 0.538. The first-order chi connectivity index (χ1) is 8.02. The Labute approximate surface area is 116 Å². The van der Waals surface area contributed by atoms with Crippen molar-refractivity contribution in [3.8, 4) is 0 Å². The van der Waals surface area contributed by atoms with Crippen LogP contribution in [0.15, 0.2) is 22.7 Å². The van der Waals surface area contributed by atoms with Crippen LogP contribution in [0.3, 0.4) is 0 Å². The minimum Gasteiger partial charge on any atom is -0.309 e. The molecule has 0 aromatic heterocycles. The normalized spacial score (nSPS) is 13.1. The van der Waals surface area contributed by atoms with Crippen LogP contribution in [-0.2, 0) is 6.54 Å². The SMILES string of the molecule is CC(C)CC(CCl)NCc1ccc(F)cc1Br. The van der Waals surface area contributed by atoms with Crippen molar-refractivity contribution in [2.24, 2.45) is 5.92 Å². The van der Waals surface area contributed by atoms with Gasteiger partial charge in [0.25, 0.3) is 0 Å². The van der Waals surface area contributed by atoms with Gasteiger partial charge < -0.3 is 5.32 Å². The number of hydrogen-bond donors (Lipinski definition) is 1. The molecule has 0 aliphatic carbocycles. The maximum atomic E-state index is 12.9. The minimum absolute atomic E-state index is 0.225. The lowest BCUT2D eigenvalue weighted by atomic mass is 10.0. The summed E-state index contributed by atoms with van der Waals surface area (Å²) in [5.74, 6) is 0.983. The van der Waals surface area contributed by atoms with Crippen molar-refractivity contribution in [2.45, 2.75) is 32.9 Å². The number of rotatable bonds is 6. The van der Waals surface area contributed by atoms with Gasteiger partial charge in [0.05, 0.1) is 0 Å². The second-order valence-corrected chi connectivity index (χ2v) is 5.76. The van der Waals surface area contributed by atoms with Gasteiger partial charge in [-0.05, 0) is 30.0 Å². The van der Waals surface area contributed by atoms with E-state index in [0.717, 1.165) is 16.5 Å². The lowest BCUT2D eigenvalue weighted by Gasteiger charge is -2.18. The van der Waals surface area contributed by atoms with Gasteiger partial charge in [-0.2, -0.15) is 0 Å². The van der Waals surface area contributed by atoms with E-state index in [9.17, 15) is 4.39 Å². The Morgan fingerprint density at radius 2 is 2.12 bits per heavy atom. The Bertz CT molecular complexity index is 357. The first kappa shape index (κ1) is 14.9. The van der Waals surface area contributed by atoms with Gasteiger partial charge in [0.1, 0.15) is 5.82 Å². The molecule has 0 aliphatic heterocycles. The van der Waals surface area contributed by atoms with Crippen LogP contribution < -0.4 is 5.32 Å². The molecule has 96 valence electrons. The van der Waals surface area contributed by atoms with Crippen molar-refractivity contribution in [1.82, 2.24) is 5.32 Å². The zero-order chi connectivity index (χ0) is 12.8. The lowest BCUT2D eigenvalue weighted by molar-refractivity contribution is 0.444. The average Bonchev–Trinajstić information content (AvgIpc) is 2.25. The third kappa shape index (κ3) is 5.36. The molecule has 1 atom stereocenters. The Balaban J connectivity index is 2.53. The standard InChI is InChI=1S/C13H18BrClFN/c1-9(2)5-12(7-15)17-8-10-3-4-11(16)6-13(10)14/h3-4,6,9,12,17H,5,7-8H2,1-2H3. The summed E-state index contributed by atoms with van der Waals surface area (Å²) in [5.41, 5.74) is 1.05. The van der Waals surface area contributed by atoms with Crippen LogP contribution in [0, 0.1) is 11.7 Å². The molecule has 1 unspecified atom stereocenters. The van der Waals surface area contributed by atoms with Gasteiger partial charge in [0.15, 0.2) is 0 Å². The molecule has 1 nitrogen and oxygen atoms in total. The molecule has 1 aromatic rings. The zero-order valence-corrected chi connectivity index (χ0v) is 12.5. The second kappa shape index (κ2) is 7.34. The summed E-state index contributed by atoms with van der Waals surface area (Å²) >= 11 is 9.27. The Morgan fingerprint density at radius 1 is 1.41 bits per heavy atom. The van der Waals surface area contributed by atoms with Gasteiger partial charge in [-0.1, -0.05) is 35.8 Å². The second-order valence-electron chi connectivity index (χ2n) is 4.60.